The summed E-state index contributed by atoms with van der Waals surface area (Å²) >= 11 is 0. The van der Waals surface area contributed by atoms with Crippen molar-refractivity contribution in [1.29, 1.82) is 0 Å². The maximum Gasteiger partial charge on any atom is 0.319 e. The zero-order valence-corrected chi connectivity index (χ0v) is 10.3. The Hall–Kier alpha value is -1.67. The first-order chi connectivity index (χ1) is 7.96. The lowest BCUT2D eigenvalue weighted by molar-refractivity contribution is 0.351. The molecule has 0 amide bonds. The van der Waals surface area contributed by atoms with Crippen molar-refractivity contribution in [2.75, 3.05) is 20.0 Å². The van der Waals surface area contributed by atoms with Crippen molar-refractivity contribution < 1.29 is 17.9 Å². The van der Waals surface area contributed by atoms with Gasteiger partial charge in [-0.1, -0.05) is 12.2 Å². The molecular weight excluding hydrogens is 246 g/mol. The number of hydrogen-bond donors (Lipinski definition) is 1. The van der Waals surface area contributed by atoms with Crippen LogP contribution in [0.5, 0.6) is 11.9 Å². The predicted octanol–water partition coefficient (Wildman–Crippen LogP) is -0.205. The highest BCUT2D eigenvalue weighted by Gasteiger charge is 2.05. The number of aromatic nitrogens is 2. The SMILES string of the molecule is COc1ncc(/C=C/CS(N)(=O)=O)c(OC)n1. The fourth-order valence-electron chi connectivity index (χ4n) is 1.05. The number of methoxy groups -OCH3 is 2. The molecule has 1 heterocycles. The zero-order valence-electron chi connectivity index (χ0n) is 9.45. The van der Waals surface area contributed by atoms with Gasteiger partial charge in [-0.3, -0.25) is 0 Å². The molecule has 0 saturated carbocycles. The summed E-state index contributed by atoms with van der Waals surface area (Å²) in [5.41, 5.74) is 0.539. The van der Waals surface area contributed by atoms with Crippen LogP contribution in [0, 0.1) is 0 Å². The quantitative estimate of drug-likeness (QED) is 0.785. The lowest BCUT2D eigenvalue weighted by atomic mass is 10.3. The molecule has 0 aliphatic rings. The van der Waals surface area contributed by atoms with Crippen LogP contribution in [-0.2, 0) is 10.0 Å². The Balaban J connectivity index is 2.91. The van der Waals surface area contributed by atoms with Crippen molar-refractivity contribution in [3.63, 3.8) is 0 Å². The summed E-state index contributed by atoms with van der Waals surface area (Å²) in [6.45, 7) is 0. The molecule has 17 heavy (non-hydrogen) atoms. The molecule has 8 heteroatoms. The van der Waals surface area contributed by atoms with E-state index in [4.69, 9.17) is 14.6 Å². The smallest absolute Gasteiger partial charge is 0.319 e. The highest BCUT2D eigenvalue weighted by Crippen LogP contribution is 2.18. The van der Waals surface area contributed by atoms with Gasteiger partial charge in [0.15, 0.2) is 0 Å². The summed E-state index contributed by atoms with van der Waals surface area (Å²) in [5, 5.41) is 4.85. The van der Waals surface area contributed by atoms with Gasteiger partial charge in [-0.2, -0.15) is 4.98 Å². The first-order valence-corrected chi connectivity index (χ1v) is 6.30. The van der Waals surface area contributed by atoms with Crippen LogP contribution in [0.25, 0.3) is 6.08 Å². The predicted molar refractivity (Wildman–Crippen MR) is 62.1 cm³/mol. The third kappa shape index (κ3) is 4.37. The summed E-state index contributed by atoms with van der Waals surface area (Å²) in [7, 11) is -0.641. The van der Waals surface area contributed by atoms with Crippen LogP contribution < -0.4 is 14.6 Å². The van der Waals surface area contributed by atoms with Crippen molar-refractivity contribution in [1.82, 2.24) is 9.97 Å². The Morgan fingerprint density at radius 3 is 2.65 bits per heavy atom. The normalized spacial score (nSPS) is 11.7. The molecule has 0 spiro atoms. The van der Waals surface area contributed by atoms with Crippen molar-refractivity contribution in [2.24, 2.45) is 5.14 Å². The molecule has 0 fully saturated rings. The Labute approximate surface area is 99.3 Å². The number of ether oxygens (including phenoxy) is 2. The van der Waals surface area contributed by atoms with E-state index in [2.05, 4.69) is 9.97 Å². The molecule has 0 radical (unpaired) electrons. The highest BCUT2D eigenvalue weighted by molar-refractivity contribution is 7.89. The van der Waals surface area contributed by atoms with Crippen molar-refractivity contribution in [3.8, 4) is 11.9 Å². The average molecular weight is 259 g/mol. The van der Waals surface area contributed by atoms with E-state index < -0.39 is 10.0 Å². The Kier molecular flexibility index (Phi) is 4.41. The minimum atomic E-state index is -3.52. The topological polar surface area (TPSA) is 104 Å². The van der Waals surface area contributed by atoms with Crippen LogP contribution in [0.1, 0.15) is 5.56 Å². The molecule has 7 nitrogen and oxygen atoms in total. The number of hydrogen-bond acceptors (Lipinski definition) is 6. The fraction of sp³-hybridized carbons (Fsp3) is 0.333. The van der Waals surface area contributed by atoms with Crippen LogP contribution in [0.2, 0.25) is 0 Å². The second-order valence-electron chi connectivity index (χ2n) is 3.05. The van der Waals surface area contributed by atoms with Crippen molar-refractivity contribution in [3.05, 3.63) is 17.8 Å². The highest BCUT2D eigenvalue weighted by atomic mass is 32.2. The number of sulfonamides is 1. The maximum absolute atomic E-state index is 10.7. The van der Waals surface area contributed by atoms with E-state index in [1.807, 2.05) is 0 Å². The Morgan fingerprint density at radius 2 is 2.12 bits per heavy atom. The summed E-state index contributed by atoms with van der Waals surface area (Å²) < 4.78 is 31.3. The molecule has 94 valence electrons. The fourth-order valence-corrected chi connectivity index (χ4v) is 1.41. The van der Waals surface area contributed by atoms with E-state index in [1.54, 1.807) is 0 Å². The molecule has 1 aromatic rings. The van der Waals surface area contributed by atoms with E-state index >= 15 is 0 Å². The number of primary sulfonamides is 1. The van der Waals surface area contributed by atoms with Gasteiger partial charge in [-0.05, 0) is 0 Å². The molecule has 0 aromatic carbocycles. The minimum Gasteiger partial charge on any atom is -0.480 e. The molecule has 1 rings (SSSR count). The Morgan fingerprint density at radius 1 is 1.41 bits per heavy atom. The molecule has 0 saturated heterocycles. The molecule has 0 atom stereocenters. The van der Waals surface area contributed by atoms with Crippen LogP contribution in [0.3, 0.4) is 0 Å². The van der Waals surface area contributed by atoms with Crippen LogP contribution in [0.15, 0.2) is 12.3 Å². The lowest BCUT2D eigenvalue weighted by Crippen LogP contribution is -2.14. The first-order valence-electron chi connectivity index (χ1n) is 4.58. The van der Waals surface area contributed by atoms with Gasteiger partial charge in [0, 0.05) is 6.20 Å². The van der Waals surface area contributed by atoms with Gasteiger partial charge in [0.05, 0.1) is 25.5 Å². The summed E-state index contributed by atoms with van der Waals surface area (Å²) in [4.78, 5) is 7.81. The lowest BCUT2D eigenvalue weighted by Gasteiger charge is -2.04. The maximum atomic E-state index is 10.7. The van der Waals surface area contributed by atoms with Crippen LogP contribution >= 0.6 is 0 Å². The first kappa shape index (κ1) is 13.4. The molecule has 0 aliphatic heterocycles. The summed E-state index contributed by atoms with van der Waals surface area (Å²) in [5.74, 6) is 0.0323. The van der Waals surface area contributed by atoms with Crippen molar-refractivity contribution >= 4 is 16.1 Å². The van der Waals surface area contributed by atoms with Crippen LogP contribution in [-0.4, -0.2) is 38.4 Å². The van der Waals surface area contributed by atoms with Gasteiger partial charge >= 0.3 is 6.01 Å². The van der Waals surface area contributed by atoms with E-state index in [9.17, 15) is 8.42 Å². The standard InChI is InChI=1S/C9H13N3O4S/c1-15-8-7(4-3-5-17(10,13)14)6-11-9(12-8)16-2/h3-4,6H,5H2,1-2H3,(H2,10,13,14)/b4-3+. The third-order valence-electron chi connectivity index (χ3n) is 1.76. The second kappa shape index (κ2) is 5.60. The molecule has 2 N–H and O–H groups in total. The van der Waals surface area contributed by atoms with E-state index in [-0.39, 0.29) is 11.8 Å². The van der Waals surface area contributed by atoms with E-state index in [0.29, 0.717) is 11.4 Å². The van der Waals surface area contributed by atoms with Gasteiger partial charge in [0.1, 0.15) is 0 Å². The largest absolute Gasteiger partial charge is 0.480 e. The second-order valence-corrected chi connectivity index (χ2v) is 4.71. The van der Waals surface area contributed by atoms with Gasteiger partial charge in [0.2, 0.25) is 15.9 Å². The average Bonchev–Trinajstić information content (AvgIpc) is 2.27. The number of rotatable bonds is 5. The molecule has 0 unspecified atom stereocenters. The van der Waals surface area contributed by atoms with Gasteiger partial charge in [-0.25, -0.2) is 18.5 Å². The third-order valence-corrected chi connectivity index (χ3v) is 2.42. The van der Waals surface area contributed by atoms with Gasteiger partial charge in [-0.15, -0.1) is 0 Å². The van der Waals surface area contributed by atoms with Crippen molar-refractivity contribution in [2.45, 2.75) is 0 Å². The van der Waals surface area contributed by atoms with Crippen LogP contribution in [0.4, 0.5) is 0 Å². The Bertz CT molecular complexity index is 513. The molecule has 0 aliphatic carbocycles. The molecule has 1 aromatic heterocycles. The van der Waals surface area contributed by atoms with E-state index in [1.165, 1.54) is 32.6 Å². The summed E-state index contributed by atoms with van der Waals surface area (Å²) in [6, 6.07) is 0.172. The van der Waals surface area contributed by atoms with E-state index in [0.717, 1.165) is 0 Å². The monoisotopic (exact) mass is 259 g/mol. The molecular formula is C9H13N3O4S. The molecule has 0 bridgehead atoms. The van der Waals surface area contributed by atoms with Gasteiger partial charge in [0.25, 0.3) is 0 Å². The zero-order chi connectivity index (χ0) is 12.9. The number of nitrogens with two attached hydrogens (primary N) is 1. The van der Waals surface area contributed by atoms with Gasteiger partial charge < -0.3 is 9.47 Å². The number of nitrogens with zero attached hydrogens (tertiary/aromatic N) is 2. The summed E-state index contributed by atoms with van der Waals surface area (Å²) in [6.07, 6.45) is 4.37. The minimum absolute atomic E-state index is 0.172.